The number of rotatable bonds is 4. The Labute approximate surface area is 119 Å². The summed E-state index contributed by atoms with van der Waals surface area (Å²) in [4.78, 5) is 12.4. The van der Waals surface area contributed by atoms with Gasteiger partial charge in [0.1, 0.15) is 5.75 Å². The van der Waals surface area contributed by atoms with Crippen LogP contribution in [0, 0.1) is 0 Å². The van der Waals surface area contributed by atoms with Gasteiger partial charge in [0.25, 0.3) is 0 Å². The first-order chi connectivity index (χ1) is 9.41. The van der Waals surface area contributed by atoms with E-state index in [2.05, 4.69) is 0 Å². The fourth-order valence-electron chi connectivity index (χ4n) is 2.24. The average molecular weight is 272 g/mol. The number of hydrogen-bond donors (Lipinski definition) is 1. The molecule has 1 heterocycles. The highest BCUT2D eigenvalue weighted by atomic mass is 16.3. The Morgan fingerprint density at radius 1 is 1.10 bits per heavy atom. The summed E-state index contributed by atoms with van der Waals surface area (Å²) in [6, 6.07) is 6.87. The molecule has 0 bridgehead atoms. The van der Waals surface area contributed by atoms with Crippen molar-refractivity contribution in [3.8, 4) is 5.75 Å². The molecule has 0 saturated carbocycles. The van der Waals surface area contributed by atoms with Crippen molar-refractivity contribution in [3.63, 3.8) is 0 Å². The minimum Gasteiger partial charge on any atom is -0.507 e. The fraction of sp³-hybridized carbons (Fsp3) is 0.353. The van der Waals surface area contributed by atoms with E-state index in [0.29, 0.717) is 17.1 Å². The molecule has 0 radical (unpaired) electrons. The molecule has 0 aliphatic heterocycles. The molecule has 3 heteroatoms. The number of furan rings is 1. The van der Waals surface area contributed by atoms with Gasteiger partial charge in [-0.25, -0.2) is 0 Å². The Balaban J connectivity index is 2.57. The second-order valence-electron chi connectivity index (χ2n) is 5.62. The van der Waals surface area contributed by atoms with Crippen LogP contribution < -0.4 is 0 Å². The maximum atomic E-state index is 12.4. The molecule has 0 aliphatic rings. The van der Waals surface area contributed by atoms with E-state index in [1.54, 1.807) is 24.3 Å². The summed E-state index contributed by atoms with van der Waals surface area (Å²) < 4.78 is 5.17. The molecule has 0 aliphatic carbocycles. The molecule has 1 N–H and O–H groups in total. The fourth-order valence-corrected chi connectivity index (χ4v) is 2.24. The van der Waals surface area contributed by atoms with Gasteiger partial charge in [-0.1, -0.05) is 27.7 Å². The van der Waals surface area contributed by atoms with Crippen LogP contribution in [0.2, 0.25) is 0 Å². The van der Waals surface area contributed by atoms with E-state index in [0.717, 1.165) is 11.1 Å². The Morgan fingerprint density at radius 2 is 1.65 bits per heavy atom. The Hall–Kier alpha value is -2.03. The van der Waals surface area contributed by atoms with Gasteiger partial charge in [-0.3, -0.25) is 4.79 Å². The lowest BCUT2D eigenvalue weighted by Gasteiger charge is -2.16. The zero-order chi connectivity index (χ0) is 14.9. The summed E-state index contributed by atoms with van der Waals surface area (Å²) in [5.41, 5.74) is 2.15. The number of hydrogen-bond acceptors (Lipinski definition) is 3. The highest BCUT2D eigenvalue weighted by molar-refractivity contribution is 6.07. The van der Waals surface area contributed by atoms with Crippen molar-refractivity contribution in [1.82, 2.24) is 0 Å². The zero-order valence-corrected chi connectivity index (χ0v) is 12.3. The van der Waals surface area contributed by atoms with Crippen LogP contribution >= 0.6 is 0 Å². The maximum Gasteiger partial charge on any atom is 0.228 e. The van der Waals surface area contributed by atoms with Gasteiger partial charge in [0.05, 0.1) is 6.26 Å². The van der Waals surface area contributed by atoms with Crippen molar-refractivity contribution in [2.24, 2.45) is 0 Å². The molecular weight excluding hydrogens is 252 g/mol. The van der Waals surface area contributed by atoms with Crippen LogP contribution in [0.25, 0.3) is 0 Å². The summed E-state index contributed by atoms with van der Waals surface area (Å²) in [6.07, 6.45) is 1.49. The number of carbonyl (C=O) groups is 1. The van der Waals surface area contributed by atoms with E-state index in [9.17, 15) is 9.90 Å². The first kappa shape index (κ1) is 14.4. The van der Waals surface area contributed by atoms with Crippen molar-refractivity contribution in [2.75, 3.05) is 0 Å². The summed E-state index contributed by atoms with van der Waals surface area (Å²) in [5, 5.41) is 10.3. The van der Waals surface area contributed by atoms with E-state index in [4.69, 9.17) is 4.42 Å². The Morgan fingerprint density at radius 3 is 2.05 bits per heavy atom. The monoisotopic (exact) mass is 272 g/mol. The third-order valence-corrected chi connectivity index (χ3v) is 3.42. The van der Waals surface area contributed by atoms with Gasteiger partial charge < -0.3 is 9.52 Å². The number of aromatic hydroxyl groups is 1. The smallest absolute Gasteiger partial charge is 0.228 e. The number of phenolic OH excluding ortho intramolecular Hbond substituents is 1. The van der Waals surface area contributed by atoms with Crippen LogP contribution in [0.4, 0.5) is 0 Å². The Kier molecular flexibility index (Phi) is 3.98. The molecule has 0 saturated heterocycles. The van der Waals surface area contributed by atoms with Gasteiger partial charge in [-0.15, -0.1) is 0 Å². The minimum absolute atomic E-state index is 0.150. The van der Waals surface area contributed by atoms with Crippen molar-refractivity contribution in [3.05, 3.63) is 53.0 Å². The molecule has 0 unspecified atom stereocenters. The SMILES string of the molecule is CC(C)c1cc(C(=O)c2ccco2)cc(C(C)C)c1O. The molecule has 0 spiro atoms. The molecule has 0 amide bonds. The first-order valence-electron chi connectivity index (χ1n) is 6.86. The minimum atomic E-state index is -0.154. The van der Waals surface area contributed by atoms with E-state index < -0.39 is 0 Å². The van der Waals surface area contributed by atoms with Gasteiger partial charge in [0, 0.05) is 5.56 Å². The van der Waals surface area contributed by atoms with Crippen molar-refractivity contribution < 1.29 is 14.3 Å². The number of carbonyl (C=O) groups excluding carboxylic acids is 1. The highest BCUT2D eigenvalue weighted by Gasteiger charge is 2.19. The number of ketones is 1. The van der Waals surface area contributed by atoms with Gasteiger partial charge in [0.15, 0.2) is 5.76 Å². The molecule has 106 valence electrons. The normalized spacial score (nSPS) is 11.3. The third kappa shape index (κ3) is 2.62. The molecule has 3 nitrogen and oxygen atoms in total. The Bertz CT molecular complexity index is 578. The van der Waals surface area contributed by atoms with E-state index in [-0.39, 0.29) is 17.6 Å². The predicted molar refractivity (Wildman–Crippen MR) is 78.4 cm³/mol. The summed E-state index contributed by atoms with van der Waals surface area (Å²) in [6.45, 7) is 8.00. The molecule has 0 fully saturated rings. The van der Waals surface area contributed by atoms with Gasteiger partial charge in [-0.2, -0.15) is 0 Å². The molecular formula is C17H20O3. The average Bonchev–Trinajstić information content (AvgIpc) is 2.91. The third-order valence-electron chi connectivity index (χ3n) is 3.42. The van der Waals surface area contributed by atoms with Gasteiger partial charge in [-0.05, 0) is 47.2 Å². The lowest BCUT2D eigenvalue weighted by Crippen LogP contribution is -2.04. The van der Waals surface area contributed by atoms with Gasteiger partial charge in [0.2, 0.25) is 5.78 Å². The van der Waals surface area contributed by atoms with Crippen LogP contribution in [0.3, 0.4) is 0 Å². The lowest BCUT2D eigenvalue weighted by atomic mass is 9.90. The lowest BCUT2D eigenvalue weighted by molar-refractivity contribution is 0.101. The maximum absolute atomic E-state index is 12.4. The summed E-state index contributed by atoms with van der Waals surface area (Å²) in [5.74, 6) is 0.763. The summed E-state index contributed by atoms with van der Waals surface area (Å²) >= 11 is 0. The topological polar surface area (TPSA) is 50.4 Å². The highest BCUT2D eigenvalue weighted by Crippen LogP contribution is 2.35. The van der Waals surface area contributed by atoms with Crippen molar-refractivity contribution >= 4 is 5.78 Å². The predicted octanol–water partition coefficient (Wildman–Crippen LogP) is 4.46. The van der Waals surface area contributed by atoms with E-state index >= 15 is 0 Å². The first-order valence-corrected chi connectivity index (χ1v) is 6.86. The largest absolute Gasteiger partial charge is 0.507 e. The summed E-state index contributed by atoms with van der Waals surface area (Å²) in [7, 11) is 0. The van der Waals surface area contributed by atoms with Crippen molar-refractivity contribution in [2.45, 2.75) is 39.5 Å². The zero-order valence-electron chi connectivity index (χ0n) is 12.3. The molecule has 2 rings (SSSR count). The van der Waals surface area contributed by atoms with Crippen LogP contribution in [0.5, 0.6) is 5.75 Å². The molecule has 2 aromatic rings. The molecule has 1 aromatic carbocycles. The second-order valence-corrected chi connectivity index (χ2v) is 5.62. The van der Waals surface area contributed by atoms with E-state index in [1.807, 2.05) is 27.7 Å². The molecule has 20 heavy (non-hydrogen) atoms. The van der Waals surface area contributed by atoms with Gasteiger partial charge >= 0.3 is 0 Å². The van der Waals surface area contributed by atoms with Crippen LogP contribution in [0.15, 0.2) is 34.9 Å². The number of phenols is 1. The van der Waals surface area contributed by atoms with Crippen LogP contribution in [0.1, 0.15) is 66.8 Å². The molecule has 0 atom stereocenters. The quantitative estimate of drug-likeness (QED) is 0.836. The number of benzene rings is 1. The molecule has 1 aromatic heterocycles. The van der Waals surface area contributed by atoms with Crippen LogP contribution in [-0.2, 0) is 0 Å². The van der Waals surface area contributed by atoms with Crippen molar-refractivity contribution in [1.29, 1.82) is 0 Å². The standard InChI is InChI=1S/C17H20O3/c1-10(2)13-8-12(9-14(11(3)4)17(13)19)16(18)15-6-5-7-20-15/h5-11,19H,1-4H3. The van der Waals surface area contributed by atoms with Crippen LogP contribution in [-0.4, -0.2) is 10.9 Å². The second kappa shape index (κ2) is 5.53. The van der Waals surface area contributed by atoms with E-state index in [1.165, 1.54) is 6.26 Å².